The van der Waals surface area contributed by atoms with Gasteiger partial charge in [0.1, 0.15) is 0 Å². The van der Waals surface area contributed by atoms with E-state index in [1.807, 2.05) is 0 Å². The van der Waals surface area contributed by atoms with Gasteiger partial charge >= 0.3 is 5.97 Å². The normalized spacial score (nSPS) is 12.7. The predicted molar refractivity (Wildman–Crippen MR) is 333 cm³/mol. The molecule has 0 saturated heterocycles. The monoisotopic (exact) mass is 1070 g/mol. The summed E-state index contributed by atoms with van der Waals surface area (Å²) >= 11 is 0. The second kappa shape index (κ2) is 65.6. The fourth-order valence-corrected chi connectivity index (χ4v) is 10.7. The van der Waals surface area contributed by atoms with E-state index < -0.39 is 12.1 Å². The molecule has 0 aliphatic heterocycles. The fourth-order valence-electron chi connectivity index (χ4n) is 10.7. The van der Waals surface area contributed by atoms with Gasteiger partial charge in [-0.1, -0.05) is 314 Å². The standard InChI is InChI=1S/C70H133NO5/c1-3-5-7-9-11-13-15-17-19-21-23-24-25-26-27-28-30-31-34-38-42-46-50-54-58-62-68(73)67(66-72)71-69(74)63-59-55-51-47-43-39-35-33-37-41-45-49-53-57-61-65-76-70(75)64-60-56-52-48-44-40-36-32-29-22-20-18-16-14-12-10-8-6-4-2/h18,20,33,37,41,45,67-68,72-73H,3-17,19,21-32,34-36,38-40,42-44,46-66H2,1-2H3,(H,71,74)/b20-18-,37-33-,45-41-. The number of hydrogen-bond donors (Lipinski definition) is 3. The van der Waals surface area contributed by atoms with E-state index in [-0.39, 0.29) is 18.5 Å². The number of aliphatic hydroxyl groups is 2. The minimum Gasteiger partial charge on any atom is -0.466 e. The molecule has 0 fully saturated rings. The van der Waals surface area contributed by atoms with Gasteiger partial charge in [-0.3, -0.25) is 9.59 Å². The van der Waals surface area contributed by atoms with Crippen molar-refractivity contribution in [3.05, 3.63) is 36.5 Å². The highest BCUT2D eigenvalue weighted by Gasteiger charge is 2.20. The summed E-state index contributed by atoms with van der Waals surface area (Å²) in [5, 5.41) is 23.4. The quantitative estimate of drug-likeness (QED) is 0.0244. The van der Waals surface area contributed by atoms with Crippen LogP contribution in [-0.4, -0.2) is 47.4 Å². The van der Waals surface area contributed by atoms with Crippen molar-refractivity contribution in [2.45, 2.75) is 386 Å². The molecule has 6 heteroatoms. The predicted octanol–water partition coefficient (Wildman–Crippen LogP) is 21.9. The van der Waals surface area contributed by atoms with Gasteiger partial charge in [0.2, 0.25) is 5.91 Å². The summed E-state index contributed by atoms with van der Waals surface area (Å²) in [4.78, 5) is 24.6. The molecule has 2 unspecified atom stereocenters. The van der Waals surface area contributed by atoms with Gasteiger partial charge < -0.3 is 20.3 Å². The van der Waals surface area contributed by atoms with E-state index in [0.29, 0.717) is 25.9 Å². The smallest absolute Gasteiger partial charge is 0.305 e. The molecule has 0 aromatic carbocycles. The number of nitrogens with one attached hydrogen (secondary N) is 1. The molecule has 0 heterocycles. The Labute approximate surface area is 474 Å². The zero-order valence-corrected chi connectivity index (χ0v) is 51.3. The summed E-state index contributed by atoms with van der Waals surface area (Å²) in [7, 11) is 0. The topological polar surface area (TPSA) is 95.9 Å². The number of carbonyl (C=O) groups is 2. The fraction of sp³-hybridized carbons (Fsp3) is 0.886. The van der Waals surface area contributed by atoms with Crippen LogP contribution in [0.15, 0.2) is 36.5 Å². The number of hydrogen-bond acceptors (Lipinski definition) is 5. The first-order chi connectivity index (χ1) is 37.5. The summed E-state index contributed by atoms with van der Waals surface area (Å²) in [5.74, 6) is -0.0748. The van der Waals surface area contributed by atoms with Crippen LogP contribution in [-0.2, 0) is 14.3 Å². The van der Waals surface area contributed by atoms with Gasteiger partial charge in [0.25, 0.3) is 0 Å². The lowest BCUT2D eigenvalue weighted by molar-refractivity contribution is -0.143. The molecule has 448 valence electrons. The van der Waals surface area contributed by atoms with Crippen molar-refractivity contribution in [1.82, 2.24) is 5.32 Å². The maximum absolute atomic E-state index is 12.5. The van der Waals surface area contributed by atoms with Gasteiger partial charge in [0.05, 0.1) is 25.4 Å². The molecule has 1 amide bonds. The molecule has 0 aromatic heterocycles. The van der Waals surface area contributed by atoms with Crippen LogP contribution < -0.4 is 5.32 Å². The third kappa shape index (κ3) is 61.3. The molecule has 0 radical (unpaired) electrons. The van der Waals surface area contributed by atoms with Crippen LogP contribution >= 0.6 is 0 Å². The van der Waals surface area contributed by atoms with E-state index >= 15 is 0 Å². The molecule has 6 nitrogen and oxygen atoms in total. The van der Waals surface area contributed by atoms with Gasteiger partial charge in [-0.15, -0.1) is 0 Å². The molecule has 2 atom stereocenters. The Hall–Kier alpha value is -1.92. The summed E-state index contributed by atoms with van der Waals surface area (Å²) < 4.78 is 5.47. The first kappa shape index (κ1) is 74.1. The Morgan fingerprint density at radius 1 is 0.368 bits per heavy atom. The number of aliphatic hydroxyl groups excluding tert-OH is 2. The van der Waals surface area contributed by atoms with Crippen molar-refractivity contribution in [3.63, 3.8) is 0 Å². The van der Waals surface area contributed by atoms with Gasteiger partial charge in [0, 0.05) is 12.8 Å². The lowest BCUT2D eigenvalue weighted by atomic mass is 10.0. The number of carbonyl (C=O) groups excluding carboxylic acids is 2. The molecule has 0 saturated carbocycles. The van der Waals surface area contributed by atoms with Crippen LogP contribution in [0.25, 0.3) is 0 Å². The SMILES string of the molecule is CCCCCCCC/C=C\CCCCCCCCCCCC(=O)OCCCCC/C=C\C=C/CCCCCCCCC(=O)NC(CO)C(O)CCCCCCCCCCCCCCCCCCCCCCCCCCC. The summed E-state index contributed by atoms with van der Waals surface area (Å²) in [6.07, 6.45) is 83.2. The van der Waals surface area contributed by atoms with E-state index in [1.54, 1.807) is 0 Å². The van der Waals surface area contributed by atoms with Gasteiger partial charge in [-0.2, -0.15) is 0 Å². The molecule has 0 aliphatic carbocycles. The number of esters is 1. The van der Waals surface area contributed by atoms with Crippen LogP contribution in [0.2, 0.25) is 0 Å². The second-order valence-corrected chi connectivity index (χ2v) is 23.5. The molecule has 76 heavy (non-hydrogen) atoms. The number of unbranched alkanes of at least 4 members (excludes halogenated alkanes) is 48. The lowest BCUT2D eigenvalue weighted by Gasteiger charge is -2.22. The Morgan fingerprint density at radius 3 is 1.01 bits per heavy atom. The van der Waals surface area contributed by atoms with Crippen molar-refractivity contribution in [1.29, 1.82) is 0 Å². The third-order valence-electron chi connectivity index (χ3n) is 15.9. The first-order valence-electron chi connectivity index (χ1n) is 34.3. The molecule has 0 rings (SSSR count). The van der Waals surface area contributed by atoms with Crippen molar-refractivity contribution in [2.24, 2.45) is 0 Å². The van der Waals surface area contributed by atoms with E-state index in [2.05, 4.69) is 55.6 Å². The zero-order valence-electron chi connectivity index (χ0n) is 51.3. The molecule has 0 aromatic rings. The molecule has 0 aliphatic rings. The van der Waals surface area contributed by atoms with Crippen molar-refractivity contribution in [2.75, 3.05) is 13.2 Å². The average molecular weight is 1070 g/mol. The third-order valence-corrected chi connectivity index (χ3v) is 15.9. The van der Waals surface area contributed by atoms with E-state index in [1.165, 1.54) is 263 Å². The highest BCUT2D eigenvalue weighted by molar-refractivity contribution is 5.76. The zero-order chi connectivity index (χ0) is 55.0. The second-order valence-electron chi connectivity index (χ2n) is 23.5. The number of amides is 1. The lowest BCUT2D eigenvalue weighted by Crippen LogP contribution is -2.45. The van der Waals surface area contributed by atoms with Crippen molar-refractivity contribution >= 4 is 11.9 Å². The van der Waals surface area contributed by atoms with Crippen LogP contribution in [0.4, 0.5) is 0 Å². The molecular weight excluding hydrogens is 935 g/mol. The van der Waals surface area contributed by atoms with Crippen LogP contribution in [0.1, 0.15) is 373 Å². The summed E-state index contributed by atoms with van der Waals surface area (Å²) in [5.41, 5.74) is 0. The molecule has 3 N–H and O–H groups in total. The molecule has 0 bridgehead atoms. The van der Waals surface area contributed by atoms with Crippen LogP contribution in [0.3, 0.4) is 0 Å². The minimum atomic E-state index is -0.681. The van der Waals surface area contributed by atoms with E-state index in [4.69, 9.17) is 4.74 Å². The number of rotatable bonds is 64. The van der Waals surface area contributed by atoms with Crippen LogP contribution in [0, 0.1) is 0 Å². The Morgan fingerprint density at radius 2 is 0.658 bits per heavy atom. The van der Waals surface area contributed by atoms with Crippen LogP contribution in [0.5, 0.6) is 0 Å². The minimum absolute atomic E-state index is 0.0211. The Bertz CT molecular complexity index is 1230. The Kier molecular flexibility index (Phi) is 63.9. The first-order valence-corrected chi connectivity index (χ1v) is 34.3. The molecule has 0 spiro atoms. The highest BCUT2D eigenvalue weighted by Crippen LogP contribution is 2.18. The van der Waals surface area contributed by atoms with E-state index in [9.17, 15) is 19.8 Å². The van der Waals surface area contributed by atoms with Crippen molar-refractivity contribution < 1.29 is 24.5 Å². The summed E-state index contributed by atoms with van der Waals surface area (Å²) in [6.45, 7) is 4.92. The Balaban J connectivity index is 3.48. The largest absolute Gasteiger partial charge is 0.466 e. The maximum Gasteiger partial charge on any atom is 0.305 e. The van der Waals surface area contributed by atoms with Crippen molar-refractivity contribution in [3.8, 4) is 0 Å². The maximum atomic E-state index is 12.5. The van der Waals surface area contributed by atoms with Gasteiger partial charge in [-0.05, 0) is 83.5 Å². The van der Waals surface area contributed by atoms with Gasteiger partial charge in [0.15, 0.2) is 0 Å². The van der Waals surface area contributed by atoms with E-state index in [0.717, 1.165) is 77.0 Å². The van der Waals surface area contributed by atoms with Gasteiger partial charge in [-0.25, -0.2) is 0 Å². The number of ether oxygens (including phenoxy) is 1. The molecular formula is C70H133NO5. The average Bonchev–Trinajstić information content (AvgIpc) is 3.42. The highest BCUT2D eigenvalue weighted by atomic mass is 16.5. The summed E-state index contributed by atoms with van der Waals surface area (Å²) in [6, 6.07) is -0.560. The number of allylic oxidation sites excluding steroid dienone is 6.